The highest BCUT2D eigenvalue weighted by atomic mass is 35.5. The van der Waals surface area contributed by atoms with Gasteiger partial charge in [0.2, 0.25) is 0 Å². The van der Waals surface area contributed by atoms with E-state index in [0.29, 0.717) is 13.0 Å². The van der Waals surface area contributed by atoms with Crippen LogP contribution in [0.3, 0.4) is 0 Å². The highest BCUT2D eigenvalue weighted by Gasteiger charge is 2.11. The molecule has 5 heteroatoms. The van der Waals surface area contributed by atoms with Gasteiger partial charge in [-0.15, -0.1) is 11.3 Å². The van der Waals surface area contributed by atoms with E-state index in [1.54, 1.807) is 11.3 Å². The Morgan fingerprint density at radius 1 is 1.59 bits per heavy atom. The van der Waals surface area contributed by atoms with E-state index in [1.807, 2.05) is 18.4 Å². The number of unbranched alkanes of at least 4 members (excludes halogenated alkanes) is 1. The van der Waals surface area contributed by atoms with Gasteiger partial charge in [-0.25, -0.2) is 0 Å². The zero-order chi connectivity index (χ0) is 12.7. The van der Waals surface area contributed by atoms with Gasteiger partial charge in [-0.1, -0.05) is 18.0 Å². The molecule has 0 spiro atoms. The number of halogens is 1. The second-order valence-corrected chi connectivity index (χ2v) is 5.14. The van der Waals surface area contributed by atoms with E-state index in [2.05, 4.69) is 0 Å². The Balaban J connectivity index is 2.19. The van der Waals surface area contributed by atoms with Crippen molar-refractivity contribution in [3.63, 3.8) is 0 Å². The number of carbonyl (C=O) groups is 1. The summed E-state index contributed by atoms with van der Waals surface area (Å²) in [6.07, 6.45) is 3.04. The van der Waals surface area contributed by atoms with Crippen molar-refractivity contribution < 1.29 is 9.53 Å². The molecule has 1 rings (SSSR count). The van der Waals surface area contributed by atoms with E-state index in [1.165, 1.54) is 0 Å². The molecular weight excluding hydrogens is 258 g/mol. The van der Waals surface area contributed by atoms with Crippen molar-refractivity contribution >= 4 is 28.9 Å². The van der Waals surface area contributed by atoms with Crippen LogP contribution >= 0.6 is 22.9 Å². The summed E-state index contributed by atoms with van der Waals surface area (Å²) in [5, 5.41) is 2.68. The molecule has 1 aromatic heterocycles. The minimum atomic E-state index is -0.129. The van der Waals surface area contributed by atoms with Crippen LogP contribution < -0.4 is 5.73 Å². The quantitative estimate of drug-likeness (QED) is 0.612. The van der Waals surface area contributed by atoms with Gasteiger partial charge in [0.1, 0.15) is 0 Å². The Kier molecular flexibility index (Phi) is 6.55. The third kappa shape index (κ3) is 5.06. The Morgan fingerprint density at radius 3 is 2.94 bits per heavy atom. The lowest BCUT2D eigenvalue weighted by Crippen LogP contribution is -2.09. The summed E-state index contributed by atoms with van der Waals surface area (Å²) in [4.78, 5) is 12.1. The van der Waals surface area contributed by atoms with E-state index < -0.39 is 0 Å². The van der Waals surface area contributed by atoms with Crippen molar-refractivity contribution in [2.45, 2.75) is 38.6 Å². The van der Waals surface area contributed by atoms with Gasteiger partial charge in [0.15, 0.2) is 0 Å². The summed E-state index contributed by atoms with van der Waals surface area (Å²) in [7, 11) is 0. The zero-order valence-corrected chi connectivity index (χ0v) is 11.5. The van der Waals surface area contributed by atoms with Crippen molar-refractivity contribution in [3.05, 3.63) is 21.3 Å². The summed E-state index contributed by atoms with van der Waals surface area (Å²) in [6.45, 7) is 2.26. The van der Waals surface area contributed by atoms with Crippen LogP contribution in [0.4, 0.5) is 0 Å². The SMILES string of the molecule is CCOC(=O)CCCCC(N)c1sccc1Cl. The molecule has 1 aromatic rings. The summed E-state index contributed by atoms with van der Waals surface area (Å²) in [5.41, 5.74) is 6.03. The van der Waals surface area contributed by atoms with E-state index in [0.717, 1.165) is 29.2 Å². The Morgan fingerprint density at radius 2 is 2.35 bits per heavy atom. The summed E-state index contributed by atoms with van der Waals surface area (Å²) >= 11 is 7.58. The van der Waals surface area contributed by atoms with Gasteiger partial charge < -0.3 is 10.5 Å². The first kappa shape index (κ1) is 14.5. The number of carbonyl (C=O) groups excluding carboxylic acids is 1. The van der Waals surface area contributed by atoms with Crippen LogP contribution in [0.15, 0.2) is 11.4 Å². The summed E-state index contributed by atoms with van der Waals surface area (Å²) < 4.78 is 4.85. The molecule has 0 saturated heterocycles. The zero-order valence-electron chi connectivity index (χ0n) is 9.95. The number of hydrogen-bond donors (Lipinski definition) is 1. The van der Waals surface area contributed by atoms with Crippen LogP contribution in [0, 0.1) is 0 Å². The van der Waals surface area contributed by atoms with Crippen LogP contribution in [0.25, 0.3) is 0 Å². The fraction of sp³-hybridized carbons (Fsp3) is 0.583. The van der Waals surface area contributed by atoms with Crippen molar-refractivity contribution in [2.24, 2.45) is 5.73 Å². The molecule has 1 unspecified atom stereocenters. The largest absolute Gasteiger partial charge is 0.466 e. The molecule has 1 heterocycles. The average Bonchev–Trinajstić information content (AvgIpc) is 2.71. The van der Waals surface area contributed by atoms with Crippen molar-refractivity contribution in [1.82, 2.24) is 0 Å². The fourth-order valence-electron chi connectivity index (χ4n) is 1.57. The molecule has 0 aromatic carbocycles. The number of esters is 1. The highest BCUT2D eigenvalue weighted by Crippen LogP contribution is 2.29. The first-order chi connectivity index (χ1) is 8.15. The first-order valence-corrected chi connectivity index (χ1v) is 7.05. The molecule has 3 nitrogen and oxygen atoms in total. The van der Waals surface area contributed by atoms with Crippen LogP contribution in [-0.2, 0) is 9.53 Å². The molecule has 2 N–H and O–H groups in total. The monoisotopic (exact) mass is 275 g/mol. The summed E-state index contributed by atoms with van der Waals surface area (Å²) in [6, 6.07) is 1.84. The average molecular weight is 276 g/mol. The Hall–Kier alpha value is -0.580. The molecule has 96 valence electrons. The van der Waals surface area contributed by atoms with E-state index in [9.17, 15) is 4.79 Å². The van der Waals surface area contributed by atoms with E-state index in [4.69, 9.17) is 22.1 Å². The van der Waals surface area contributed by atoms with Gasteiger partial charge in [0.25, 0.3) is 0 Å². The number of nitrogens with two attached hydrogens (primary N) is 1. The lowest BCUT2D eigenvalue weighted by atomic mass is 10.1. The predicted molar refractivity (Wildman–Crippen MR) is 71.4 cm³/mol. The number of thiophene rings is 1. The van der Waals surface area contributed by atoms with Gasteiger partial charge >= 0.3 is 5.97 Å². The van der Waals surface area contributed by atoms with Crippen LogP contribution in [0.2, 0.25) is 5.02 Å². The maximum absolute atomic E-state index is 11.1. The standard InChI is InChI=1S/C12H18ClNO2S/c1-2-16-11(15)6-4-3-5-10(14)12-9(13)7-8-17-12/h7-8,10H,2-6,14H2,1H3. The Labute approximate surface area is 111 Å². The number of hydrogen-bond acceptors (Lipinski definition) is 4. The van der Waals surface area contributed by atoms with Crippen LogP contribution in [0.1, 0.15) is 43.5 Å². The maximum atomic E-state index is 11.1. The number of rotatable bonds is 7. The van der Waals surface area contributed by atoms with Crippen molar-refractivity contribution in [1.29, 1.82) is 0 Å². The third-order valence-corrected chi connectivity index (χ3v) is 3.92. The topological polar surface area (TPSA) is 52.3 Å². The minimum absolute atomic E-state index is 0.0234. The molecule has 0 amide bonds. The smallest absolute Gasteiger partial charge is 0.305 e. The molecule has 0 bridgehead atoms. The van der Waals surface area contributed by atoms with Gasteiger partial charge in [0.05, 0.1) is 11.6 Å². The van der Waals surface area contributed by atoms with Crippen LogP contribution in [-0.4, -0.2) is 12.6 Å². The van der Waals surface area contributed by atoms with Gasteiger partial charge in [0, 0.05) is 17.3 Å². The van der Waals surface area contributed by atoms with E-state index in [-0.39, 0.29) is 12.0 Å². The second kappa shape index (κ2) is 7.69. The lowest BCUT2D eigenvalue weighted by Gasteiger charge is -2.09. The summed E-state index contributed by atoms with van der Waals surface area (Å²) in [5.74, 6) is -0.129. The molecule has 1 atom stereocenters. The van der Waals surface area contributed by atoms with Gasteiger partial charge in [-0.3, -0.25) is 4.79 Å². The third-order valence-electron chi connectivity index (χ3n) is 2.43. The highest BCUT2D eigenvalue weighted by molar-refractivity contribution is 7.10. The van der Waals surface area contributed by atoms with Crippen molar-refractivity contribution in [3.8, 4) is 0 Å². The van der Waals surface area contributed by atoms with Gasteiger partial charge in [-0.2, -0.15) is 0 Å². The molecular formula is C12H18ClNO2S. The maximum Gasteiger partial charge on any atom is 0.305 e. The minimum Gasteiger partial charge on any atom is -0.466 e. The molecule has 0 radical (unpaired) electrons. The molecule has 0 aliphatic carbocycles. The molecule has 0 saturated carbocycles. The normalized spacial score (nSPS) is 12.4. The molecule has 0 aliphatic heterocycles. The molecule has 0 aliphatic rings. The first-order valence-electron chi connectivity index (χ1n) is 5.79. The Bertz CT molecular complexity index is 354. The fourth-order valence-corrected chi connectivity index (χ4v) is 2.80. The second-order valence-electron chi connectivity index (χ2n) is 3.79. The number of ether oxygens (including phenoxy) is 1. The van der Waals surface area contributed by atoms with E-state index >= 15 is 0 Å². The predicted octanol–water partition coefficient (Wildman–Crippen LogP) is 3.52. The lowest BCUT2D eigenvalue weighted by molar-refractivity contribution is -0.143. The van der Waals surface area contributed by atoms with Crippen molar-refractivity contribution in [2.75, 3.05) is 6.61 Å². The van der Waals surface area contributed by atoms with Crippen LogP contribution in [0.5, 0.6) is 0 Å². The molecule has 17 heavy (non-hydrogen) atoms. The van der Waals surface area contributed by atoms with Gasteiger partial charge in [-0.05, 0) is 31.2 Å². The molecule has 0 fully saturated rings.